The van der Waals surface area contributed by atoms with Gasteiger partial charge in [-0.15, -0.1) is 0 Å². The van der Waals surface area contributed by atoms with Crippen LogP contribution in [0.3, 0.4) is 0 Å². The van der Waals surface area contributed by atoms with E-state index < -0.39 is 44.3 Å². The van der Waals surface area contributed by atoms with Crippen LogP contribution in [0.1, 0.15) is 5.56 Å². The molecule has 0 spiro atoms. The maximum atomic E-state index is 13.5. The van der Waals surface area contributed by atoms with Gasteiger partial charge in [-0.05, 0) is 18.6 Å². The zero-order valence-corrected chi connectivity index (χ0v) is 11.3. The highest BCUT2D eigenvalue weighted by Gasteiger charge is 2.28. The third kappa shape index (κ3) is 3.25. The summed E-state index contributed by atoms with van der Waals surface area (Å²) in [6, 6.07) is 1.37. The Morgan fingerprint density at radius 1 is 1.40 bits per heavy atom. The van der Waals surface area contributed by atoms with Crippen LogP contribution in [0, 0.1) is 22.9 Å². The van der Waals surface area contributed by atoms with Crippen LogP contribution in [-0.2, 0) is 10.0 Å². The number of alkyl halides is 2. The van der Waals surface area contributed by atoms with Gasteiger partial charge in [0.15, 0.2) is 0 Å². The van der Waals surface area contributed by atoms with Crippen molar-refractivity contribution in [3.63, 3.8) is 0 Å². The van der Waals surface area contributed by atoms with E-state index in [0.717, 1.165) is 20.0 Å². The number of nitro benzene ring substituents is 1. The van der Waals surface area contributed by atoms with E-state index in [9.17, 15) is 31.7 Å². The van der Waals surface area contributed by atoms with E-state index in [-0.39, 0.29) is 5.56 Å². The summed E-state index contributed by atoms with van der Waals surface area (Å²) in [5.41, 5.74) is -1.28. The number of sulfonamides is 1. The summed E-state index contributed by atoms with van der Waals surface area (Å²) in [6.07, 6.45) is -2.90. The average molecular weight is 312 g/mol. The third-order valence-corrected chi connectivity index (χ3v) is 4.31. The lowest BCUT2D eigenvalue weighted by molar-refractivity contribution is -0.387. The topological polar surface area (TPSA) is 80.5 Å². The Labute approximate surface area is 113 Å². The van der Waals surface area contributed by atoms with E-state index in [2.05, 4.69) is 0 Å². The Kier molecular flexibility index (Phi) is 4.71. The van der Waals surface area contributed by atoms with Crippen LogP contribution in [0.4, 0.5) is 18.9 Å². The Morgan fingerprint density at radius 3 is 2.40 bits per heavy atom. The highest BCUT2D eigenvalue weighted by atomic mass is 32.2. The highest BCUT2D eigenvalue weighted by molar-refractivity contribution is 7.89. The summed E-state index contributed by atoms with van der Waals surface area (Å²) < 4.78 is 62.1. The quantitative estimate of drug-likeness (QED) is 0.614. The molecule has 1 aromatic rings. The van der Waals surface area contributed by atoms with Gasteiger partial charge < -0.3 is 0 Å². The van der Waals surface area contributed by atoms with Crippen molar-refractivity contribution in [1.82, 2.24) is 4.31 Å². The van der Waals surface area contributed by atoms with Crippen molar-refractivity contribution >= 4 is 15.7 Å². The second-order valence-corrected chi connectivity index (χ2v) is 6.05. The largest absolute Gasteiger partial charge is 0.306 e. The first-order chi connectivity index (χ1) is 9.07. The molecule has 112 valence electrons. The van der Waals surface area contributed by atoms with E-state index in [1.807, 2.05) is 0 Å². The first-order valence-corrected chi connectivity index (χ1v) is 6.70. The molecule has 0 aliphatic rings. The molecule has 6 nitrogen and oxygen atoms in total. The maximum absolute atomic E-state index is 13.5. The molecule has 1 aromatic carbocycles. The van der Waals surface area contributed by atoms with Gasteiger partial charge in [-0.25, -0.2) is 17.2 Å². The van der Waals surface area contributed by atoms with Crippen molar-refractivity contribution in [1.29, 1.82) is 0 Å². The number of hydrogen-bond donors (Lipinski definition) is 0. The smallest absolute Gasteiger partial charge is 0.258 e. The molecule has 20 heavy (non-hydrogen) atoms. The van der Waals surface area contributed by atoms with E-state index in [1.165, 1.54) is 0 Å². The molecule has 0 aliphatic carbocycles. The normalized spacial score (nSPS) is 12.2. The van der Waals surface area contributed by atoms with Gasteiger partial charge in [0.2, 0.25) is 15.8 Å². The van der Waals surface area contributed by atoms with Crippen LogP contribution in [0.2, 0.25) is 0 Å². The van der Waals surface area contributed by atoms with E-state index in [0.29, 0.717) is 10.4 Å². The summed E-state index contributed by atoms with van der Waals surface area (Å²) in [4.78, 5) is 8.96. The summed E-state index contributed by atoms with van der Waals surface area (Å²) in [5, 5.41) is 10.6. The fourth-order valence-electron chi connectivity index (χ4n) is 1.47. The van der Waals surface area contributed by atoms with Gasteiger partial charge in [-0.3, -0.25) is 10.1 Å². The van der Waals surface area contributed by atoms with E-state index in [4.69, 9.17) is 0 Å². The Hall–Kier alpha value is -1.68. The summed E-state index contributed by atoms with van der Waals surface area (Å²) in [7, 11) is -3.44. The second kappa shape index (κ2) is 5.75. The molecule has 1 rings (SSSR count). The lowest BCUT2D eigenvalue weighted by Crippen LogP contribution is -2.31. The van der Waals surface area contributed by atoms with Crippen LogP contribution in [0.15, 0.2) is 17.0 Å². The predicted octanol–water partition coefficient (Wildman–Crippen LogP) is 1.93. The van der Waals surface area contributed by atoms with Crippen LogP contribution in [0.25, 0.3) is 0 Å². The minimum atomic E-state index is -4.35. The monoisotopic (exact) mass is 312 g/mol. The van der Waals surface area contributed by atoms with Gasteiger partial charge in [-0.2, -0.15) is 8.70 Å². The molecule has 0 aliphatic heterocycles. The van der Waals surface area contributed by atoms with Gasteiger partial charge in [-0.1, -0.05) is 0 Å². The molecule has 0 unspecified atom stereocenters. The van der Waals surface area contributed by atoms with Crippen LogP contribution in [0.5, 0.6) is 0 Å². The van der Waals surface area contributed by atoms with Crippen LogP contribution < -0.4 is 0 Å². The molecule has 0 heterocycles. The number of hydrogen-bond acceptors (Lipinski definition) is 4. The lowest BCUT2D eigenvalue weighted by atomic mass is 10.2. The summed E-state index contributed by atoms with van der Waals surface area (Å²) in [6.45, 7) is 0.0843. The van der Waals surface area contributed by atoms with Gasteiger partial charge >= 0.3 is 5.69 Å². The summed E-state index contributed by atoms with van der Waals surface area (Å²) >= 11 is 0. The average Bonchev–Trinajstić information content (AvgIpc) is 2.30. The molecule has 0 amide bonds. The fraction of sp³-hybridized carbons (Fsp3) is 0.400. The number of nitro groups is 1. The van der Waals surface area contributed by atoms with Crippen LogP contribution >= 0.6 is 0 Å². The van der Waals surface area contributed by atoms with Crippen molar-refractivity contribution in [3.05, 3.63) is 33.6 Å². The molecule has 0 aromatic heterocycles. The van der Waals surface area contributed by atoms with Crippen molar-refractivity contribution in [2.75, 3.05) is 13.6 Å². The second-order valence-electron chi connectivity index (χ2n) is 4.01. The first-order valence-electron chi connectivity index (χ1n) is 5.26. The van der Waals surface area contributed by atoms with E-state index in [1.54, 1.807) is 0 Å². The third-order valence-electron chi connectivity index (χ3n) is 2.51. The number of aryl methyl sites for hydroxylation is 1. The number of halogens is 3. The Bertz CT molecular complexity index is 634. The molecule has 10 heteroatoms. The summed E-state index contributed by atoms with van der Waals surface area (Å²) in [5.74, 6) is -1.16. The SMILES string of the molecule is Cc1cc(S(=O)(=O)N(C)CC(F)F)cc([N+](=O)[O-])c1F. The number of rotatable bonds is 5. The van der Waals surface area contributed by atoms with Crippen LogP contribution in [-0.4, -0.2) is 37.7 Å². The van der Waals surface area contributed by atoms with Crippen molar-refractivity contribution in [2.45, 2.75) is 18.2 Å². The van der Waals surface area contributed by atoms with Gasteiger partial charge in [0.25, 0.3) is 6.43 Å². The lowest BCUT2D eigenvalue weighted by Gasteiger charge is -2.16. The standard InChI is InChI=1S/C10H11F3N2O4S/c1-6-3-7(4-8(10(6)13)15(16)17)20(18,19)14(2)5-9(11)12/h3-4,9H,5H2,1-2H3. The zero-order chi connectivity index (χ0) is 15.7. The van der Waals surface area contributed by atoms with Crippen molar-refractivity contribution < 1.29 is 26.5 Å². The minimum Gasteiger partial charge on any atom is -0.258 e. The first kappa shape index (κ1) is 16.4. The zero-order valence-electron chi connectivity index (χ0n) is 10.5. The molecule has 0 fully saturated rings. The van der Waals surface area contributed by atoms with Crippen molar-refractivity contribution in [2.24, 2.45) is 0 Å². The minimum absolute atomic E-state index is 0.261. The van der Waals surface area contributed by atoms with Gasteiger partial charge in [0.05, 0.1) is 16.4 Å². The molecule has 0 saturated heterocycles. The highest BCUT2D eigenvalue weighted by Crippen LogP contribution is 2.26. The molecule has 0 bridgehead atoms. The van der Waals surface area contributed by atoms with E-state index >= 15 is 0 Å². The van der Waals surface area contributed by atoms with Gasteiger partial charge in [0.1, 0.15) is 0 Å². The molecule has 0 N–H and O–H groups in total. The van der Waals surface area contributed by atoms with Crippen molar-refractivity contribution in [3.8, 4) is 0 Å². The molecule has 0 saturated carbocycles. The molecular formula is C10H11F3N2O4S. The predicted molar refractivity (Wildman–Crippen MR) is 63.6 cm³/mol. The molecule has 0 radical (unpaired) electrons. The molecular weight excluding hydrogens is 301 g/mol. The maximum Gasteiger partial charge on any atom is 0.306 e. The molecule has 0 atom stereocenters. The van der Waals surface area contributed by atoms with Gasteiger partial charge in [0, 0.05) is 13.1 Å². The number of benzene rings is 1. The Morgan fingerprint density at radius 2 is 1.95 bits per heavy atom. The Balaban J connectivity index is 3.36. The fourth-order valence-corrected chi connectivity index (χ4v) is 2.73. The number of nitrogens with zero attached hydrogens (tertiary/aromatic N) is 2.